The molecule has 2 rings (SSSR count). The van der Waals surface area contributed by atoms with Crippen molar-refractivity contribution in [1.82, 2.24) is 4.90 Å². The smallest absolute Gasteiger partial charge is 0.324 e. The van der Waals surface area contributed by atoms with E-state index in [1.165, 1.54) is 0 Å². The van der Waals surface area contributed by atoms with Gasteiger partial charge in [-0.2, -0.15) is 0 Å². The van der Waals surface area contributed by atoms with E-state index in [2.05, 4.69) is 13.8 Å². The fraction of sp³-hybridized carbons (Fsp3) is 0.533. The third-order valence-electron chi connectivity index (χ3n) is 3.53. The van der Waals surface area contributed by atoms with E-state index in [0.29, 0.717) is 11.6 Å². The Bertz CT molecular complexity index is 445. The minimum absolute atomic E-state index is 0.0849. The molecule has 104 valence electrons. The number of hydrogen-bond acceptors (Lipinski definition) is 2. The fourth-order valence-electron chi connectivity index (χ4n) is 2.44. The summed E-state index contributed by atoms with van der Waals surface area (Å²) in [6.45, 7) is 6.80. The number of nitrogen functional groups attached to an aromatic ring is 1. The maximum atomic E-state index is 12.3. The van der Waals surface area contributed by atoms with Crippen molar-refractivity contribution in [3.63, 3.8) is 0 Å². The minimum Gasteiger partial charge on any atom is -0.397 e. The van der Waals surface area contributed by atoms with Crippen molar-refractivity contribution in [2.75, 3.05) is 30.3 Å². The van der Waals surface area contributed by atoms with E-state index in [-0.39, 0.29) is 6.03 Å². The first-order valence-electron chi connectivity index (χ1n) is 7.00. The molecule has 0 bridgehead atoms. The van der Waals surface area contributed by atoms with Crippen molar-refractivity contribution in [2.45, 2.75) is 26.7 Å². The lowest BCUT2D eigenvalue weighted by atomic mass is 10.1. The largest absolute Gasteiger partial charge is 0.397 e. The molecule has 0 radical (unpaired) electrons. The van der Waals surface area contributed by atoms with Gasteiger partial charge >= 0.3 is 6.03 Å². The molecule has 4 nitrogen and oxygen atoms in total. The van der Waals surface area contributed by atoms with Gasteiger partial charge in [-0.15, -0.1) is 0 Å². The van der Waals surface area contributed by atoms with Crippen LogP contribution in [0.1, 0.15) is 26.7 Å². The summed E-state index contributed by atoms with van der Waals surface area (Å²) < 4.78 is 0. The highest BCUT2D eigenvalue weighted by atomic mass is 16.2. The van der Waals surface area contributed by atoms with Crippen LogP contribution >= 0.6 is 0 Å². The van der Waals surface area contributed by atoms with Crippen molar-refractivity contribution in [3.8, 4) is 0 Å². The van der Waals surface area contributed by atoms with Gasteiger partial charge in [-0.05, 0) is 30.9 Å². The van der Waals surface area contributed by atoms with Gasteiger partial charge in [0.05, 0.1) is 11.4 Å². The summed E-state index contributed by atoms with van der Waals surface area (Å²) in [6, 6.07) is 7.64. The standard InChI is InChI=1S/C15H23N3O/c1-12(2)6-5-9-17-10-11-18(15(17)19)14-8-4-3-7-13(14)16/h3-4,7-8,12H,5-6,9-11,16H2,1-2H3. The van der Waals surface area contributed by atoms with Gasteiger partial charge in [0.2, 0.25) is 0 Å². The number of anilines is 2. The summed E-state index contributed by atoms with van der Waals surface area (Å²) in [4.78, 5) is 16.0. The second-order valence-electron chi connectivity index (χ2n) is 5.52. The van der Waals surface area contributed by atoms with E-state index < -0.39 is 0 Å². The molecule has 0 spiro atoms. The lowest BCUT2D eigenvalue weighted by molar-refractivity contribution is 0.219. The number of benzene rings is 1. The number of carbonyl (C=O) groups is 1. The summed E-state index contributed by atoms with van der Waals surface area (Å²) in [5.41, 5.74) is 7.43. The highest BCUT2D eigenvalue weighted by molar-refractivity contribution is 5.97. The molecule has 1 heterocycles. The van der Waals surface area contributed by atoms with Crippen LogP contribution in [0.5, 0.6) is 0 Å². The zero-order valence-electron chi connectivity index (χ0n) is 11.8. The first-order valence-corrected chi connectivity index (χ1v) is 7.00. The molecule has 1 aromatic carbocycles. The van der Waals surface area contributed by atoms with Crippen LogP contribution < -0.4 is 10.6 Å². The van der Waals surface area contributed by atoms with E-state index in [1.54, 1.807) is 4.90 Å². The number of rotatable bonds is 5. The molecule has 1 aliphatic rings. The average molecular weight is 261 g/mol. The van der Waals surface area contributed by atoms with Crippen LogP contribution in [0.3, 0.4) is 0 Å². The molecule has 0 atom stereocenters. The first-order chi connectivity index (χ1) is 9.09. The van der Waals surface area contributed by atoms with Crippen LogP contribution in [-0.4, -0.2) is 30.6 Å². The van der Waals surface area contributed by atoms with Crippen LogP contribution in [0.15, 0.2) is 24.3 Å². The molecule has 1 aromatic rings. The van der Waals surface area contributed by atoms with Crippen molar-refractivity contribution < 1.29 is 4.79 Å². The second-order valence-corrected chi connectivity index (χ2v) is 5.52. The van der Waals surface area contributed by atoms with E-state index >= 15 is 0 Å². The van der Waals surface area contributed by atoms with E-state index in [9.17, 15) is 4.79 Å². The first kappa shape index (κ1) is 13.7. The Kier molecular flexibility index (Phi) is 4.30. The number of nitrogens with zero attached hydrogens (tertiary/aromatic N) is 2. The normalized spacial score (nSPS) is 15.6. The number of hydrogen-bond donors (Lipinski definition) is 1. The number of para-hydroxylation sites is 2. The summed E-state index contributed by atoms with van der Waals surface area (Å²) in [7, 11) is 0. The van der Waals surface area contributed by atoms with Gasteiger partial charge in [-0.3, -0.25) is 4.90 Å². The number of nitrogens with two attached hydrogens (primary N) is 1. The lowest BCUT2D eigenvalue weighted by Gasteiger charge is -2.20. The lowest BCUT2D eigenvalue weighted by Crippen LogP contribution is -2.32. The Labute approximate surface area is 115 Å². The molecule has 0 aliphatic carbocycles. The molecule has 0 aromatic heterocycles. The molecule has 2 N–H and O–H groups in total. The molecule has 4 heteroatoms. The van der Waals surface area contributed by atoms with E-state index in [0.717, 1.165) is 38.2 Å². The summed E-state index contributed by atoms with van der Waals surface area (Å²) in [5.74, 6) is 0.693. The minimum atomic E-state index is 0.0849. The fourth-order valence-corrected chi connectivity index (χ4v) is 2.44. The molecule has 1 aliphatic heterocycles. The van der Waals surface area contributed by atoms with Gasteiger partial charge in [0.25, 0.3) is 0 Å². The molecular formula is C15H23N3O. The van der Waals surface area contributed by atoms with Gasteiger partial charge in [-0.1, -0.05) is 26.0 Å². The summed E-state index contributed by atoms with van der Waals surface area (Å²) >= 11 is 0. The predicted molar refractivity (Wildman–Crippen MR) is 79.2 cm³/mol. The quantitative estimate of drug-likeness (QED) is 0.828. The summed E-state index contributed by atoms with van der Waals surface area (Å²) in [5, 5.41) is 0. The van der Waals surface area contributed by atoms with Gasteiger partial charge in [0, 0.05) is 19.6 Å². The van der Waals surface area contributed by atoms with Crippen LogP contribution in [-0.2, 0) is 0 Å². The maximum absolute atomic E-state index is 12.3. The molecule has 0 saturated carbocycles. The number of urea groups is 1. The topological polar surface area (TPSA) is 49.6 Å². The highest BCUT2D eigenvalue weighted by Gasteiger charge is 2.29. The molecule has 1 saturated heterocycles. The van der Waals surface area contributed by atoms with Crippen LogP contribution in [0.25, 0.3) is 0 Å². The SMILES string of the molecule is CC(C)CCCN1CCN(c2ccccc2N)C1=O. The molecule has 0 unspecified atom stereocenters. The second kappa shape index (κ2) is 5.95. The van der Waals surface area contributed by atoms with E-state index in [1.807, 2.05) is 29.2 Å². The number of carbonyl (C=O) groups excluding carboxylic acids is 1. The van der Waals surface area contributed by atoms with Crippen LogP contribution in [0, 0.1) is 5.92 Å². The Morgan fingerprint density at radius 3 is 2.68 bits per heavy atom. The van der Waals surface area contributed by atoms with Gasteiger partial charge in [-0.25, -0.2) is 4.79 Å². The maximum Gasteiger partial charge on any atom is 0.324 e. The number of amides is 2. The van der Waals surface area contributed by atoms with Crippen LogP contribution in [0.4, 0.5) is 16.2 Å². The summed E-state index contributed by atoms with van der Waals surface area (Å²) in [6.07, 6.45) is 2.23. The van der Waals surface area contributed by atoms with Crippen molar-refractivity contribution in [3.05, 3.63) is 24.3 Å². The van der Waals surface area contributed by atoms with Crippen molar-refractivity contribution >= 4 is 17.4 Å². The monoisotopic (exact) mass is 261 g/mol. The Morgan fingerprint density at radius 1 is 1.26 bits per heavy atom. The highest BCUT2D eigenvalue weighted by Crippen LogP contribution is 2.26. The average Bonchev–Trinajstić information content (AvgIpc) is 2.72. The Hall–Kier alpha value is -1.71. The van der Waals surface area contributed by atoms with Crippen molar-refractivity contribution in [2.24, 2.45) is 5.92 Å². The van der Waals surface area contributed by atoms with Crippen LogP contribution in [0.2, 0.25) is 0 Å². The molecular weight excluding hydrogens is 238 g/mol. The third kappa shape index (κ3) is 3.19. The van der Waals surface area contributed by atoms with Gasteiger partial charge < -0.3 is 10.6 Å². The van der Waals surface area contributed by atoms with Crippen molar-refractivity contribution in [1.29, 1.82) is 0 Å². The Morgan fingerprint density at radius 2 is 2.00 bits per heavy atom. The third-order valence-corrected chi connectivity index (χ3v) is 3.53. The Balaban J connectivity index is 1.96. The molecule has 2 amide bonds. The zero-order valence-corrected chi connectivity index (χ0v) is 11.8. The molecule has 1 fully saturated rings. The van der Waals surface area contributed by atoms with Gasteiger partial charge in [0.15, 0.2) is 0 Å². The zero-order chi connectivity index (χ0) is 13.8. The predicted octanol–water partition coefficient (Wildman–Crippen LogP) is 2.95. The molecule has 19 heavy (non-hydrogen) atoms. The van der Waals surface area contributed by atoms with Gasteiger partial charge in [0.1, 0.15) is 0 Å². The van der Waals surface area contributed by atoms with E-state index in [4.69, 9.17) is 5.73 Å².